The minimum atomic E-state index is -3.98. The molecule has 1 aromatic carbocycles. The molecule has 0 aliphatic rings. The van der Waals surface area contributed by atoms with Gasteiger partial charge >= 0.3 is 5.97 Å². The molecule has 0 amide bonds. The van der Waals surface area contributed by atoms with Gasteiger partial charge in [-0.3, -0.25) is 0 Å². The largest absolute Gasteiger partial charge is 0.465 e. The molecule has 3 rings (SSSR count). The first-order valence-electron chi connectivity index (χ1n) is 7.62. The number of carbonyl (C=O) groups is 1. The highest BCUT2D eigenvalue weighted by Crippen LogP contribution is 2.35. The molecule has 2 heterocycles. The van der Waals surface area contributed by atoms with Crippen molar-refractivity contribution >= 4 is 27.3 Å². The predicted molar refractivity (Wildman–Crippen MR) is 96.3 cm³/mol. The molecule has 0 radical (unpaired) electrons. The molecule has 0 aliphatic carbocycles. The molecule has 0 fully saturated rings. The van der Waals surface area contributed by atoms with Crippen molar-refractivity contribution < 1.29 is 22.5 Å². The van der Waals surface area contributed by atoms with Crippen molar-refractivity contribution in [3.05, 3.63) is 59.3 Å². The van der Waals surface area contributed by atoms with Crippen LogP contribution in [0, 0.1) is 0 Å². The van der Waals surface area contributed by atoms with Crippen LogP contribution in [-0.2, 0) is 14.8 Å². The van der Waals surface area contributed by atoms with E-state index in [-0.39, 0.29) is 9.77 Å². The van der Waals surface area contributed by atoms with Gasteiger partial charge in [0.25, 0.3) is 0 Å². The zero-order valence-corrected chi connectivity index (χ0v) is 15.6. The molecule has 26 heavy (non-hydrogen) atoms. The summed E-state index contributed by atoms with van der Waals surface area (Å²) in [5.41, 5.74) is 1.25. The van der Waals surface area contributed by atoms with E-state index in [2.05, 4.69) is 9.88 Å². The molecule has 2 aromatic heterocycles. The number of hydrogen-bond acceptors (Lipinski definition) is 7. The fourth-order valence-electron chi connectivity index (χ4n) is 2.36. The number of sulfonamides is 1. The van der Waals surface area contributed by atoms with Gasteiger partial charge in [0, 0.05) is 10.9 Å². The number of nitrogens with zero attached hydrogens (tertiary/aromatic N) is 1. The minimum absolute atomic E-state index is 0.0196. The van der Waals surface area contributed by atoms with Crippen LogP contribution < -0.4 is 4.72 Å². The minimum Gasteiger partial charge on any atom is -0.465 e. The molecule has 0 unspecified atom stereocenters. The summed E-state index contributed by atoms with van der Waals surface area (Å²) in [5.74, 6) is -0.702. The number of ether oxygens (including phenoxy) is 1. The molecule has 1 atom stereocenters. The fourth-order valence-corrected chi connectivity index (χ4v) is 5.17. The number of hydrogen-bond donors (Lipinski definition) is 1. The quantitative estimate of drug-likeness (QED) is 0.647. The SMILES string of the molecule is COC(=O)c1sc(-c2ccccc2)cc1S(=O)(=O)N[C@@H](C)c1ccon1. The maximum atomic E-state index is 12.9. The van der Waals surface area contributed by atoms with Crippen LogP contribution in [0.25, 0.3) is 10.4 Å². The van der Waals surface area contributed by atoms with E-state index in [9.17, 15) is 13.2 Å². The first-order valence-corrected chi connectivity index (χ1v) is 9.92. The summed E-state index contributed by atoms with van der Waals surface area (Å²) in [5, 5.41) is 3.73. The second kappa shape index (κ2) is 7.40. The Hall–Kier alpha value is -2.49. The first-order chi connectivity index (χ1) is 12.4. The highest BCUT2D eigenvalue weighted by atomic mass is 32.2. The van der Waals surface area contributed by atoms with E-state index in [1.54, 1.807) is 13.0 Å². The third-order valence-corrected chi connectivity index (χ3v) is 6.51. The number of esters is 1. The van der Waals surface area contributed by atoms with Crippen LogP contribution in [0.5, 0.6) is 0 Å². The van der Waals surface area contributed by atoms with Crippen molar-refractivity contribution in [3.8, 4) is 10.4 Å². The molecule has 0 spiro atoms. The Bertz CT molecular complexity index is 995. The Morgan fingerprint density at radius 2 is 2.00 bits per heavy atom. The summed E-state index contributed by atoms with van der Waals surface area (Å²) in [6.45, 7) is 1.64. The highest BCUT2D eigenvalue weighted by molar-refractivity contribution is 7.89. The van der Waals surface area contributed by atoms with E-state index in [0.717, 1.165) is 16.9 Å². The number of rotatable bonds is 6. The van der Waals surface area contributed by atoms with E-state index in [1.165, 1.54) is 19.4 Å². The second-order valence-electron chi connectivity index (χ2n) is 5.43. The summed E-state index contributed by atoms with van der Waals surface area (Å²) >= 11 is 1.07. The van der Waals surface area contributed by atoms with Crippen molar-refractivity contribution in [2.45, 2.75) is 17.9 Å². The third-order valence-electron chi connectivity index (χ3n) is 3.65. The Morgan fingerprint density at radius 1 is 1.27 bits per heavy atom. The van der Waals surface area contributed by atoms with E-state index < -0.39 is 22.0 Å². The molecule has 0 saturated heterocycles. The van der Waals surface area contributed by atoms with Gasteiger partial charge in [0.1, 0.15) is 21.7 Å². The number of thiophene rings is 1. The van der Waals surface area contributed by atoms with E-state index in [1.807, 2.05) is 30.3 Å². The summed E-state index contributed by atoms with van der Waals surface area (Å²) < 4.78 is 37.7. The zero-order valence-electron chi connectivity index (χ0n) is 14.0. The molecule has 1 N–H and O–H groups in total. The molecular weight excluding hydrogens is 376 g/mol. The molecule has 0 bridgehead atoms. The molecule has 3 aromatic rings. The molecule has 7 nitrogen and oxygen atoms in total. The van der Waals surface area contributed by atoms with E-state index in [4.69, 9.17) is 9.26 Å². The van der Waals surface area contributed by atoms with Crippen LogP contribution in [0.4, 0.5) is 0 Å². The maximum absolute atomic E-state index is 12.9. The molecule has 0 aliphatic heterocycles. The average Bonchev–Trinajstić information content (AvgIpc) is 3.31. The van der Waals surface area contributed by atoms with Crippen LogP contribution in [0.15, 0.2) is 58.1 Å². The fraction of sp³-hybridized carbons (Fsp3) is 0.176. The first kappa shape index (κ1) is 18.3. The summed E-state index contributed by atoms with van der Waals surface area (Å²) in [4.78, 5) is 12.7. The number of nitrogens with one attached hydrogen (secondary N) is 1. The lowest BCUT2D eigenvalue weighted by molar-refractivity contribution is 0.0602. The maximum Gasteiger partial charge on any atom is 0.349 e. The smallest absolute Gasteiger partial charge is 0.349 e. The lowest BCUT2D eigenvalue weighted by atomic mass is 10.2. The van der Waals surface area contributed by atoms with Gasteiger partial charge in [0.15, 0.2) is 0 Å². The van der Waals surface area contributed by atoms with Crippen LogP contribution in [0.2, 0.25) is 0 Å². The Morgan fingerprint density at radius 3 is 2.62 bits per heavy atom. The Balaban J connectivity index is 2.02. The lowest BCUT2D eigenvalue weighted by Gasteiger charge is -2.11. The van der Waals surface area contributed by atoms with Crippen molar-refractivity contribution in [2.24, 2.45) is 0 Å². The third kappa shape index (κ3) is 3.69. The van der Waals surface area contributed by atoms with Gasteiger partial charge in [0.05, 0.1) is 13.2 Å². The second-order valence-corrected chi connectivity index (χ2v) is 8.16. The van der Waals surface area contributed by atoms with Crippen molar-refractivity contribution in [2.75, 3.05) is 7.11 Å². The van der Waals surface area contributed by atoms with Crippen LogP contribution in [0.1, 0.15) is 28.3 Å². The Labute approximate surface area is 154 Å². The van der Waals surface area contributed by atoms with Crippen molar-refractivity contribution in [1.29, 1.82) is 0 Å². The number of benzene rings is 1. The highest BCUT2D eigenvalue weighted by Gasteiger charge is 2.29. The standard InChI is InChI=1S/C17H16N2O5S2/c1-11(13-8-9-24-18-13)19-26(21,22)15-10-14(12-6-4-3-5-7-12)25-16(15)17(20)23-2/h3-11,19H,1-2H3/t11-/m0/s1. The normalized spacial score (nSPS) is 12.7. The van der Waals surface area contributed by atoms with Gasteiger partial charge in [-0.05, 0) is 18.6 Å². The van der Waals surface area contributed by atoms with Crippen molar-refractivity contribution in [3.63, 3.8) is 0 Å². The predicted octanol–water partition coefficient (Wildman–Crippen LogP) is 3.23. The summed E-state index contributed by atoms with van der Waals surface area (Å²) in [6.07, 6.45) is 1.36. The summed E-state index contributed by atoms with van der Waals surface area (Å²) in [6, 6.07) is 11.6. The topological polar surface area (TPSA) is 98.5 Å². The lowest BCUT2D eigenvalue weighted by Crippen LogP contribution is -2.28. The van der Waals surface area contributed by atoms with Crippen LogP contribution >= 0.6 is 11.3 Å². The van der Waals surface area contributed by atoms with Crippen molar-refractivity contribution in [1.82, 2.24) is 9.88 Å². The number of carbonyl (C=O) groups excluding carboxylic acids is 1. The number of methoxy groups -OCH3 is 1. The summed E-state index contributed by atoms with van der Waals surface area (Å²) in [7, 11) is -2.77. The zero-order chi connectivity index (χ0) is 18.7. The monoisotopic (exact) mass is 392 g/mol. The van der Waals surface area contributed by atoms with Gasteiger partial charge in [-0.25, -0.2) is 17.9 Å². The van der Waals surface area contributed by atoms with Gasteiger partial charge < -0.3 is 9.26 Å². The average molecular weight is 392 g/mol. The van der Waals surface area contributed by atoms with Gasteiger partial charge in [-0.15, -0.1) is 11.3 Å². The molecule has 0 saturated carbocycles. The van der Waals surface area contributed by atoms with Gasteiger partial charge in [-0.1, -0.05) is 35.5 Å². The van der Waals surface area contributed by atoms with Crippen LogP contribution in [0.3, 0.4) is 0 Å². The van der Waals surface area contributed by atoms with Crippen LogP contribution in [-0.4, -0.2) is 26.7 Å². The molecule has 9 heteroatoms. The van der Waals surface area contributed by atoms with E-state index >= 15 is 0 Å². The van der Waals surface area contributed by atoms with Gasteiger partial charge in [0.2, 0.25) is 10.0 Å². The van der Waals surface area contributed by atoms with Gasteiger partial charge in [-0.2, -0.15) is 0 Å². The van der Waals surface area contributed by atoms with E-state index in [0.29, 0.717) is 10.6 Å². The molecule has 136 valence electrons. The number of aromatic nitrogens is 1. The Kier molecular flexibility index (Phi) is 5.21. The molecular formula is C17H16N2O5S2.